The number of nitrogens with zero attached hydrogens (tertiary/aromatic N) is 3. The van der Waals surface area contributed by atoms with Gasteiger partial charge in [-0.25, -0.2) is 4.79 Å². The van der Waals surface area contributed by atoms with E-state index in [1.807, 2.05) is 49.3 Å². The summed E-state index contributed by atoms with van der Waals surface area (Å²) in [5, 5.41) is 14.1. The minimum atomic E-state index is -0.252. The van der Waals surface area contributed by atoms with Gasteiger partial charge >= 0.3 is 6.03 Å². The lowest BCUT2D eigenvalue weighted by Gasteiger charge is -2.23. The first-order valence-corrected chi connectivity index (χ1v) is 7.63. The van der Waals surface area contributed by atoms with Gasteiger partial charge in [0.15, 0.2) is 0 Å². The Morgan fingerprint density at radius 2 is 2.00 bits per heavy atom. The van der Waals surface area contributed by atoms with Crippen LogP contribution in [0.25, 0.3) is 0 Å². The first kappa shape index (κ1) is 17.2. The molecule has 7 heteroatoms. The Hall–Kier alpha value is -2.18. The van der Waals surface area contributed by atoms with Crippen molar-refractivity contribution in [2.24, 2.45) is 0 Å². The number of rotatable bonds is 6. The number of halogens is 1. The number of urea groups is 1. The minimum absolute atomic E-state index is 0.135. The Kier molecular flexibility index (Phi) is 6.31. The van der Waals surface area contributed by atoms with E-state index in [1.54, 1.807) is 12.3 Å². The van der Waals surface area contributed by atoms with E-state index in [2.05, 4.69) is 20.8 Å². The topological polar surface area (TPSA) is 70.2 Å². The van der Waals surface area contributed by atoms with E-state index < -0.39 is 0 Å². The van der Waals surface area contributed by atoms with Crippen LogP contribution < -0.4 is 10.6 Å². The monoisotopic (exact) mass is 333 g/mol. The van der Waals surface area contributed by atoms with Gasteiger partial charge in [-0.3, -0.25) is 0 Å². The van der Waals surface area contributed by atoms with Crippen LogP contribution in [0.5, 0.6) is 0 Å². The van der Waals surface area contributed by atoms with Gasteiger partial charge in [-0.15, -0.1) is 0 Å². The summed E-state index contributed by atoms with van der Waals surface area (Å²) < 4.78 is 0. The second-order valence-corrected chi connectivity index (χ2v) is 5.84. The van der Waals surface area contributed by atoms with E-state index in [1.165, 1.54) is 0 Å². The van der Waals surface area contributed by atoms with Gasteiger partial charge in [0.2, 0.25) is 0 Å². The van der Waals surface area contributed by atoms with Gasteiger partial charge in [0.05, 0.1) is 18.3 Å². The molecule has 2 N–H and O–H groups in total. The average Bonchev–Trinajstić information content (AvgIpc) is 2.53. The van der Waals surface area contributed by atoms with Crippen LogP contribution in [0.3, 0.4) is 0 Å². The molecule has 122 valence electrons. The first-order chi connectivity index (χ1) is 11.0. The van der Waals surface area contributed by atoms with Crippen LogP contribution in [0.1, 0.15) is 17.3 Å². The summed E-state index contributed by atoms with van der Waals surface area (Å²) in [4.78, 5) is 14.1. The highest BCUT2D eigenvalue weighted by atomic mass is 35.5. The number of benzene rings is 1. The molecule has 0 aliphatic carbocycles. The molecule has 0 spiro atoms. The molecule has 0 unspecified atom stereocenters. The van der Waals surface area contributed by atoms with E-state index in [-0.39, 0.29) is 12.1 Å². The molecule has 1 atom stereocenters. The predicted molar refractivity (Wildman–Crippen MR) is 90.2 cm³/mol. The number of likely N-dealkylation sites (N-methyl/N-ethyl adjacent to an activating group) is 1. The van der Waals surface area contributed by atoms with Crippen molar-refractivity contribution in [2.75, 3.05) is 20.6 Å². The van der Waals surface area contributed by atoms with E-state index in [9.17, 15) is 4.79 Å². The van der Waals surface area contributed by atoms with Crippen molar-refractivity contribution in [2.45, 2.75) is 12.6 Å². The highest BCUT2D eigenvalue weighted by Crippen LogP contribution is 2.17. The molecule has 1 aromatic heterocycles. The summed E-state index contributed by atoms with van der Waals surface area (Å²) >= 11 is 5.92. The Morgan fingerprint density at radius 1 is 1.26 bits per heavy atom. The highest BCUT2D eigenvalue weighted by Gasteiger charge is 2.15. The smallest absolute Gasteiger partial charge is 0.315 e. The van der Waals surface area contributed by atoms with E-state index in [0.717, 1.165) is 5.56 Å². The zero-order chi connectivity index (χ0) is 16.7. The molecule has 2 amide bonds. The number of carbonyl (C=O) groups is 1. The van der Waals surface area contributed by atoms with E-state index >= 15 is 0 Å². The van der Waals surface area contributed by atoms with Crippen molar-refractivity contribution in [3.63, 3.8) is 0 Å². The number of hydrogen-bond acceptors (Lipinski definition) is 4. The largest absolute Gasteiger partial charge is 0.332 e. The Morgan fingerprint density at radius 3 is 2.61 bits per heavy atom. The maximum atomic E-state index is 12.1. The number of amides is 2. The lowest BCUT2D eigenvalue weighted by molar-refractivity contribution is 0.232. The van der Waals surface area contributed by atoms with Crippen LogP contribution in [-0.4, -0.2) is 41.8 Å². The molecule has 1 heterocycles. The molecular formula is C16H20ClN5O. The van der Waals surface area contributed by atoms with Crippen LogP contribution in [-0.2, 0) is 6.54 Å². The number of carbonyl (C=O) groups excluding carboxylic acids is 1. The van der Waals surface area contributed by atoms with Gasteiger partial charge in [-0.05, 0) is 43.9 Å². The van der Waals surface area contributed by atoms with Crippen molar-refractivity contribution < 1.29 is 4.79 Å². The summed E-state index contributed by atoms with van der Waals surface area (Å²) in [5.41, 5.74) is 1.70. The molecule has 0 saturated carbocycles. The van der Waals surface area contributed by atoms with Crippen molar-refractivity contribution in [3.8, 4) is 0 Å². The minimum Gasteiger partial charge on any atom is -0.332 e. The molecule has 2 rings (SSSR count). The highest BCUT2D eigenvalue weighted by molar-refractivity contribution is 6.30. The second-order valence-electron chi connectivity index (χ2n) is 5.41. The molecule has 1 aromatic carbocycles. The normalized spacial score (nSPS) is 12.0. The quantitative estimate of drug-likeness (QED) is 0.850. The van der Waals surface area contributed by atoms with Gasteiger partial charge in [0, 0.05) is 17.8 Å². The molecule has 0 aliphatic heterocycles. The fourth-order valence-electron chi connectivity index (χ4n) is 2.10. The third kappa shape index (κ3) is 5.84. The van der Waals surface area contributed by atoms with Gasteiger partial charge < -0.3 is 15.5 Å². The van der Waals surface area contributed by atoms with Crippen LogP contribution in [0.15, 0.2) is 42.6 Å². The Balaban J connectivity index is 1.96. The van der Waals surface area contributed by atoms with Gasteiger partial charge in [-0.1, -0.05) is 23.7 Å². The molecule has 23 heavy (non-hydrogen) atoms. The number of hydrogen-bond donors (Lipinski definition) is 2. The Bertz CT molecular complexity index is 618. The van der Waals surface area contributed by atoms with Crippen molar-refractivity contribution in [1.29, 1.82) is 0 Å². The number of aromatic nitrogens is 2. The van der Waals surface area contributed by atoms with Gasteiger partial charge in [0.1, 0.15) is 0 Å². The molecule has 6 nitrogen and oxygen atoms in total. The zero-order valence-corrected chi connectivity index (χ0v) is 13.9. The molecule has 0 radical (unpaired) electrons. The molecular weight excluding hydrogens is 314 g/mol. The fourth-order valence-corrected chi connectivity index (χ4v) is 2.23. The number of nitrogens with one attached hydrogen (secondary N) is 2. The predicted octanol–water partition coefficient (Wildman–Crippen LogP) is 2.23. The second kappa shape index (κ2) is 8.45. The third-order valence-electron chi connectivity index (χ3n) is 3.18. The molecule has 0 fully saturated rings. The molecule has 0 aliphatic rings. The van der Waals surface area contributed by atoms with Gasteiger partial charge in [0.25, 0.3) is 0 Å². The lowest BCUT2D eigenvalue weighted by Crippen LogP contribution is -2.41. The van der Waals surface area contributed by atoms with E-state index in [0.29, 0.717) is 23.8 Å². The van der Waals surface area contributed by atoms with Crippen LogP contribution in [0.2, 0.25) is 5.02 Å². The van der Waals surface area contributed by atoms with Crippen molar-refractivity contribution >= 4 is 17.6 Å². The van der Waals surface area contributed by atoms with Crippen LogP contribution in [0.4, 0.5) is 4.79 Å². The average molecular weight is 334 g/mol. The summed E-state index contributed by atoms with van der Waals surface area (Å²) in [6, 6.07) is 10.7. The van der Waals surface area contributed by atoms with E-state index in [4.69, 9.17) is 11.6 Å². The van der Waals surface area contributed by atoms with Crippen LogP contribution in [0, 0.1) is 0 Å². The van der Waals surface area contributed by atoms with Crippen molar-refractivity contribution in [1.82, 2.24) is 25.7 Å². The van der Waals surface area contributed by atoms with Crippen molar-refractivity contribution in [3.05, 3.63) is 58.9 Å². The third-order valence-corrected chi connectivity index (χ3v) is 3.43. The maximum absolute atomic E-state index is 12.1. The first-order valence-electron chi connectivity index (χ1n) is 7.25. The molecule has 2 aromatic rings. The van der Waals surface area contributed by atoms with Gasteiger partial charge in [-0.2, -0.15) is 10.2 Å². The summed E-state index contributed by atoms with van der Waals surface area (Å²) in [6.07, 6.45) is 1.59. The summed E-state index contributed by atoms with van der Waals surface area (Å²) in [5.74, 6) is 0. The Labute approximate surface area is 140 Å². The SMILES string of the molecule is CN(C)C[C@H](NC(=O)NCc1cccnn1)c1ccc(Cl)cc1. The summed E-state index contributed by atoms with van der Waals surface area (Å²) in [7, 11) is 3.92. The lowest BCUT2D eigenvalue weighted by atomic mass is 10.1. The van der Waals surface area contributed by atoms with Crippen LogP contribution >= 0.6 is 11.6 Å². The fraction of sp³-hybridized carbons (Fsp3) is 0.312. The maximum Gasteiger partial charge on any atom is 0.315 e. The molecule has 0 saturated heterocycles. The zero-order valence-electron chi connectivity index (χ0n) is 13.2. The standard InChI is InChI=1S/C16H20ClN5O/c1-22(2)11-15(12-5-7-13(17)8-6-12)20-16(23)18-10-14-4-3-9-19-21-14/h3-9,15H,10-11H2,1-2H3,(H2,18,20,23)/t15-/m0/s1. The molecule has 0 bridgehead atoms. The summed E-state index contributed by atoms with van der Waals surface area (Å²) in [6.45, 7) is 1.01.